The molecule has 0 spiro atoms. The van der Waals surface area contributed by atoms with Crippen LogP contribution in [-0.2, 0) is 0 Å². The summed E-state index contributed by atoms with van der Waals surface area (Å²) in [6.45, 7) is 6.10. The van der Waals surface area contributed by atoms with Crippen LogP contribution in [-0.4, -0.2) is 5.60 Å². The van der Waals surface area contributed by atoms with E-state index in [2.05, 4.69) is 24.3 Å². The molecule has 88 valence electrons. The summed E-state index contributed by atoms with van der Waals surface area (Å²) in [5, 5.41) is 0. The van der Waals surface area contributed by atoms with Crippen LogP contribution in [0.3, 0.4) is 0 Å². The molecule has 2 rings (SSSR count). The summed E-state index contributed by atoms with van der Waals surface area (Å²) < 4.78 is 1.74. The predicted molar refractivity (Wildman–Crippen MR) is 68.4 cm³/mol. The highest BCUT2D eigenvalue weighted by atomic mass is 16.7. The Bertz CT molecular complexity index is 469. The van der Waals surface area contributed by atoms with Gasteiger partial charge in [0.15, 0.2) is 5.60 Å². The molecule has 0 bridgehead atoms. The number of hydrogen-bond acceptors (Lipinski definition) is 1. The van der Waals surface area contributed by atoms with Gasteiger partial charge in [0.2, 0.25) is 12.4 Å². The standard InChI is InChI=1S/C15H18NO/c1-15(2,3)17-16-11-9-14(10-12-16)13-7-5-4-6-8-13/h4-12H,1-3H3/q+1. The number of hydrogen-bond donors (Lipinski definition) is 0. The average Bonchev–Trinajstić information content (AvgIpc) is 2.29. The first-order chi connectivity index (χ1) is 8.04. The van der Waals surface area contributed by atoms with Crippen molar-refractivity contribution < 1.29 is 9.57 Å². The lowest BCUT2D eigenvalue weighted by Crippen LogP contribution is -2.50. The Balaban J connectivity index is 2.19. The van der Waals surface area contributed by atoms with Crippen LogP contribution in [0.2, 0.25) is 0 Å². The molecule has 0 amide bonds. The molecule has 0 aliphatic carbocycles. The second-order valence-corrected chi connectivity index (χ2v) is 5.02. The van der Waals surface area contributed by atoms with Crippen molar-refractivity contribution in [3.63, 3.8) is 0 Å². The zero-order valence-corrected chi connectivity index (χ0v) is 10.6. The van der Waals surface area contributed by atoms with Crippen LogP contribution < -0.4 is 9.57 Å². The molecular weight excluding hydrogens is 210 g/mol. The molecule has 2 nitrogen and oxygen atoms in total. The maximum atomic E-state index is 5.71. The fraction of sp³-hybridized carbons (Fsp3) is 0.267. The van der Waals surface area contributed by atoms with Crippen molar-refractivity contribution in [1.82, 2.24) is 0 Å². The molecule has 0 fully saturated rings. The highest BCUT2D eigenvalue weighted by Crippen LogP contribution is 2.16. The van der Waals surface area contributed by atoms with Gasteiger partial charge in [-0.25, -0.2) is 0 Å². The number of nitrogens with zero attached hydrogens (tertiary/aromatic N) is 1. The van der Waals surface area contributed by atoms with E-state index in [-0.39, 0.29) is 5.60 Å². The van der Waals surface area contributed by atoms with Crippen molar-refractivity contribution in [1.29, 1.82) is 0 Å². The van der Waals surface area contributed by atoms with Gasteiger partial charge >= 0.3 is 0 Å². The van der Waals surface area contributed by atoms with Gasteiger partial charge in [0.1, 0.15) is 0 Å². The zero-order chi connectivity index (χ0) is 12.3. The summed E-state index contributed by atoms with van der Waals surface area (Å²) in [4.78, 5) is 5.71. The van der Waals surface area contributed by atoms with Crippen LogP contribution in [0.1, 0.15) is 20.8 Å². The third-order valence-corrected chi connectivity index (χ3v) is 2.29. The fourth-order valence-corrected chi connectivity index (χ4v) is 1.61. The summed E-state index contributed by atoms with van der Waals surface area (Å²) in [5.74, 6) is 0. The number of benzene rings is 1. The minimum Gasteiger partial charge on any atom is -0.266 e. The number of pyridine rings is 1. The van der Waals surface area contributed by atoms with Gasteiger partial charge in [-0.1, -0.05) is 30.3 Å². The molecule has 0 saturated heterocycles. The minimum absolute atomic E-state index is 0.182. The molecule has 1 aromatic carbocycles. The van der Waals surface area contributed by atoms with E-state index in [1.807, 2.05) is 51.4 Å². The van der Waals surface area contributed by atoms with E-state index in [9.17, 15) is 0 Å². The average molecular weight is 228 g/mol. The van der Waals surface area contributed by atoms with E-state index < -0.39 is 0 Å². The first-order valence-corrected chi connectivity index (χ1v) is 5.81. The first kappa shape index (κ1) is 11.6. The molecule has 2 heteroatoms. The van der Waals surface area contributed by atoms with Gasteiger partial charge in [-0.05, 0) is 31.9 Å². The van der Waals surface area contributed by atoms with E-state index in [0.717, 1.165) is 0 Å². The highest BCUT2D eigenvalue weighted by molar-refractivity contribution is 5.61. The molecule has 2 aromatic rings. The van der Waals surface area contributed by atoms with Gasteiger partial charge in [0, 0.05) is 16.9 Å². The van der Waals surface area contributed by atoms with Gasteiger partial charge in [0.25, 0.3) is 0 Å². The maximum absolute atomic E-state index is 5.71. The van der Waals surface area contributed by atoms with Gasteiger partial charge < -0.3 is 0 Å². The molecule has 0 aliphatic rings. The number of rotatable bonds is 2. The topological polar surface area (TPSA) is 13.1 Å². The van der Waals surface area contributed by atoms with Crippen LogP contribution in [0, 0.1) is 0 Å². The minimum atomic E-state index is -0.182. The lowest BCUT2D eigenvalue weighted by atomic mass is 10.1. The van der Waals surface area contributed by atoms with Crippen LogP contribution in [0.15, 0.2) is 54.9 Å². The van der Waals surface area contributed by atoms with Crippen molar-refractivity contribution in [3.8, 4) is 11.1 Å². The Morgan fingerprint density at radius 1 is 0.824 bits per heavy atom. The summed E-state index contributed by atoms with van der Waals surface area (Å²) in [7, 11) is 0. The molecule has 0 unspecified atom stereocenters. The maximum Gasteiger partial charge on any atom is 0.223 e. The van der Waals surface area contributed by atoms with Crippen LogP contribution in [0.4, 0.5) is 0 Å². The predicted octanol–water partition coefficient (Wildman–Crippen LogP) is 2.87. The molecule has 1 heterocycles. The van der Waals surface area contributed by atoms with Crippen LogP contribution in [0.5, 0.6) is 0 Å². The Morgan fingerprint density at radius 2 is 1.35 bits per heavy atom. The summed E-state index contributed by atoms with van der Waals surface area (Å²) in [6, 6.07) is 14.4. The molecule has 0 atom stereocenters. The Labute approximate surface area is 102 Å². The summed E-state index contributed by atoms with van der Waals surface area (Å²) in [6.07, 6.45) is 3.88. The van der Waals surface area contributed by atoms with Crippen LogP contribution >= 0.6 is 0 Å². The molecule has 0 aliphatic heterocycles. The Kier molecular flexibility index (Phi) is 3.14. The summed E-state index contributed by atoms with van der Waals surface area (Å²) >= 11 is 0. The van der Waals surface area contributed by atoms with E-state index in [1.54, 1.807) is 4.73 Å². The zero-order valence-electron chi connectivity index (χ0n) is 10.6. The van der Waals surface area contributed by atoms with Crippen molar-refractivity contribution in [3.05, 3.63) is 54.9 Å². The fourth-order valence-electron chi connectivity index (χ4n) is 1.61. The number of aromatic nitrogens is 1. The molecule has 0 saturated carbocycles. The first-order valence-electron chi connectivity index (χ1n) is 5.81. The molecular formula is C15H18NO+. The smallest absolute Gasteiger partial charge is 0.223 e. The normalized spacial score (nSPS) is 11.2. The highest BCUT2D eigenvalue weighted by Gasteiger charge is 2.17. The second kappa shape index (κ2) is 4.58. The lowest BCUT2D eigenvalue weighted by Gasteiger charge is -2.13. The SMILES string of the molecule is CC(C)(C)O[n+]1ccc(-c2ccccc2)cc1. The monoisotopic (exact) mass is 228 g/mol. The van der Waals surface area contributed by atoms with Crippen molar-refractivity contribution in [2.75, 3.05) is 0 Å². The lowest BCUT2D eigenvalue weighted by molar-refractivity contribution is -0.905. The molecule has 0 radical (unpaired) electrons. The Morgan fingerprint density at radius 3 is 1.88 bits per heavy atom. The quantitative estimate of drug-likeness (QED) is 0.720. The van der Waals surface area contributed by atoms with Gasteiger partial charge in [-0.15, -0.1) is 0 Å². The summed E-state index contributed by atoms with van der Waals surface area (Å²) in [5.41, 5.74) is 2.23. The third kappa shape index (κ3) is 3.31. The van der Waals surface area contributed by atoms with Gasteiger partial charge in [-0.3, -0.25) is 4.84 Å². The van der Waals surface area contributed by atoms with E-state index in [0.29, 0.717) is 0 Å². The van der Waals surface area contributed by atoms with Crippen molar-refractivity contribution >= 4 is 0 Å². The van der Waals surface area contributed by atoms with Gasteiger partial charge in [-0.2, -0.15) is 0 Å². The van der Waals surface area contributed by atoms with E-state index >= 15 is 0 Å². The van der Waals surface area contributed by atoms with Gasteiger partial charge in [0.05, 0.1) is 0 Å². The Hall–Kier alpha value is -1.83. The molecule has 0 N–H and O–H groups in total. The van der Waals surface area contributed by atoms with E-state index in [4.69, 9.17) is 4.84 Å². The van der Waals surface area contributed by atoms with Crippen molar-refractivity contribution in [2.24, 2.45) is 0 Å². The van der Waals surface area contributed by atoms with Crippen LogP contribution in [0.25, 0.3) is 11.1 Å². The van der Waals surface area contributed by atoms with Crippen molar-refractivity contribution in [2.45, 2.75) is 26.4 Å². The molecule has 1 aromatic heterocycles. The molecule has 17 heavy (non-hydrogen) atoms. The third-order valence-electron chi connectivity index (χ3n) is 2.29. The van der Waals surface area contributed by atoms with E-state index in [1.165, 1.54) is 11.1 Å². The largest absolute Gasteiger partial charge is 0.266 e. The second-order valence-electron chi connectivity index (χ2n) is 5.02.